The molecular weight excluding hydrogens is 388 g/mol. The molecule has 3 nitrogen and oxygen atoms in total. The van der Waals surface area contributed by atoms with Crippen LogP contribution in [0.3, 0.4) is 0 Å². The van der Waals surface area contributed by atoms with Gasteiger partial charge < -0.3 is 10.6 Å². The third-order valence-electron chi connectivity index (χ3n) is 4.48. The van der Waals surface area contributed by atoms with E-state index in [1.165, 1.54) is 16.7 Å². The molecule has 2 rings (SSSR count). The number of halogens is 1. The molecule has 0 aromatic heterocycles. The van der Waals surface area contributed by atoms with E-state index >= 15 is 0 Å². The number of aryl methyl sites for hydroxylation is 1. The highest BCUT2D eigenvalue weighted by Gasteiger charge is 2.15. The van der Waals surface area contributed by atoms with Gasteiger partial charge in [-0.2, -0.15) is 0 Å². The number of carbonyl (C=O) groups is 1. The molecule has 0 aliphatic rings. The summed E-state index contributed by atoms with van der Waals surface area (Å²) in [6.07, 6.45) is 0.430. The Morgan fingerprint density at radius 3 is 2.19 bits per heavy atom. The standard InChI is InChI=1S/C22H29BrN2O/c1-14(2)18-7-6-8-19(15(3)4)22(18)25-21(26)11-12-24-17-9-10-20(23)16(5)13-17/h6-10,13-15,24H,11-12H2,1-5H3,(H,25,26). The van der Waals surface area contributed by atoms with Crippen molar-refractivity contribution >= 4 is 33.2 Å². The Bertz CT molecular complexity index is 742. The number of amides is 1. The van der Waals surface area contributed by atoms with E-state index in [4.69, 9.17) is 0 Å². The Morgan fingerprint density at radius 1 is 1.04 bits per heavy atom. The molecule has 26 heavy (non-hydrogen) atoms. The second-order valence-electron chi connectivity index (χ2n) is 7.31. The molecule has 0 heterocycles. The van der Waals surface area contributed by atoms with Gasteiger partial charge in [0.1, 0.15) is 0 Å². The SMILES string of the molecule is Cc1cc(NCCC(=O)Nc2c(C(C)C)cccc2C(C)C)ccc1Br. The molecule has 140 valence electrons. The van der Waals surface area contributed by atoms with Crippen LogP contribution in [-0.4, -0.2) is 12.5 Å². The summed E-state index contributed by atoms with van der Waals surface area (Å²) in [6, 6.07) is 12.4. The molecule has 0 aliphatic carbocycles. The average Bonchev–Trinajstić information content (AvgIpc) is 2.57. The number of nitrogens with one attached hydrogen (secondary N) is 2. The topological polar surface area (TPSA) is 41.1 Å². The Labute approximate surface area is 165 Å². The third kappa shape index (κ3) is 5.34. The van der Waals surface area contributed by atoms with Gasteiger partial charge in [0, 0.05) is 28.8 Å². The number of hydrogen-bond donors (Lipinski definition) is 2. The lowest BCUT2D eigenvalue weighted by atomic mass is 9.92. The van der Waals surface area contributed by atoms with Gasteiger partial charge in [0.2, 0.25) is 5.91 Å². The van der Waals surface area contributed by atoms with Crippen molar-refractivity contribution in [3.05, 3.63) is 57.6 Å². The lowest BCUT2D eigenvalue weighted by Gasteiger charge is -2.20. The first-order valence-corrected chi connectivity index (χ1v) is 10.0. The van der Waals surface area contributed by atoms with Gasteiger partial charge in [-0.25, -0.2) is 0 Å². The molecule has 0 radical (unpaired) electrons. The van der Waals surface area contributed by atoms with Crippen LogP contribution in [0.1, 0.15) is 62.6 Å². The van der Waals surface area contributed by atoms with Crippen LogP contribution in [0.25, 0.3) is 0 Å². The molecule has 0 bridgehead atoms. The van der Waals surface area contributed by atoms with Crippen molar-refractivity contribution in [3.63, 3.8) is 0 Å². The van der Waals surface area contributed by atoms with Gasteiger partial charge in [0.15, 0.2) is 0 Å². The number of rotatable bonds is 7. The highest BCUT2D eigenvalue weighted by atomic mass is 79.9. The minimum atomic E-state index is 0.0429. The van der Waals surface area contributed by atoms with Crippen LogP contribution in [0.4, 0.5) is 11.4 Å². The van der Waals surface area contributed by atoms with E-state index in [1.807, 2.05) is 12.1 Å². The third-order valence-corrected chi connectivity index (χ3v) is 5.37. The first-order chi connectivity index (χ1) is 12.3. The summed E-state index contributed by atoms with van der Waals surface area (Å²) in [6.45, 7) is 11.3. The fourth-order valence-corrected chi connectivity index (χ4v) is 3.22. The van der Waals surface area contributed by atoms with E-state index in [1.54, 1.807) is 0 Å². The highest BCUT2D eigenvalue weighted by Crippen LogP contribution is 2.32. The molecule has 1 amide bonds. The van der Waals surface area contributed by atoms with E-state index in [9.17, 15) is 4.79 Å². The van der Waals surface area contributed by atoms with Crippen LogP contribution >= 0.6 is 15.9 Å². The van der Waals surface area contributed by atoms with E-state index in [2.05, 4.69) is 85.4 Å². The Hall–Kier alpha value is -1.81. The van der Waals surface area contributed by atoms with Crippen molar-refractivity contribution in [3.8, 4) is 0 Å². The number of para-hydroxylation sites is 1. The first-order valence-electron chi connectivity index (χ1n) is 9.22. The largest absolute Gasteiger partial charge is 0.385 e. The molecular formula is C22H29BrN2O. The van der Waals surface area contributed by atoms with E-state index in [0.717, 1.165) is 15.8 Å². The monoisotopic (exact) mass is 416 g/mol. The average molecular weight is 417 g/mol. The number of carbonyl (C=O) groups excluding carboxylic acids is 1. The van der Waals surface area contributed by atoms with E-state index < -0.39 is 0 Å². The van der Waals surface area contributed by atoms with Crippen LogP contribution in [0.15, 0.2) is 40.9 Å². The first kappa shape index (κ1) is 20.5. The maximum atomic E-state index is 12.5. The summed E-state index contributed by atoms with van der Waals surface area (Å²) in [5.41, 5.74) is 5.58. The van der Waals surface area contributed by atoms with Gasteiger partial charge in [-0.15, -0.1) is 0 Å². The predicted molar refractivity (Wildman–Crippen MR) is 115 cm³/mol. The van der Waals surface area contributed by atoms with Gasteiger partial charge in [-0.3, -0.25) is 4.79 Å². The van der Waals surface area contributed by atoms with Crippen LogP contribution in [0.5, 0.6) is 0 Å². The Balaban J connectivity index is 2.02. The van der Waals surface area contributed by atoms with Crippen LogP contribution in [0, 0.1) is 6.92 Å². The molecule has 0 spiro atoms. The quantitative estimate of drug-likeness (QED) is 0.544. The number of benzene rings is 2. The summed E-state index contributed by atoms with van der Waals surface area (Å²) < 4.78 is 1.09. The van der Waals surface area contributed by atoms with Crippen LogP contribution in [-0.2, 0) is 4.79 Å². The molecule has 0 atom stereocenters. The van der Waals surface area contributed by atoms with E-state index in [0.29, 0.717) is 24.8 Å². The van der Waals surface area contributed by atoms with Crippen molar-refractivity contribution in [1.29, 1.82) is 0 Å². The van der Waals surface area contributed by atoms with E-state index in [-0.39, 0.29) is 5.91 Å². The van der Waals surface area contributed by atoms with Crippen molar-refractivity contribution in [2.24, 2.45) is 0 Å². The fraction of sp³-hybridized carbons (Fsp3) is 0.409. The molecule has 0 unspecified atom stereocenters. The maximum absolute atomic E-state index is 12.5. The maximum Gasteiger partial charge on any atom is 0.226 e. The number of anilines is 2. The zero-order valence-corrected chi connectivity index (χ0v) is 17.9. The molecule has 2 aromatic rings. The zero-order valence-electron chi connectivity index (χ0n) is 16.3. The smallest absolute Gasteiger partial charge is 0.226 e. The predicted octanol–water partition coefficient (Wildman–Crippen LogP) is 6.45. The van der Waals surface area contributed by atoms with Crippen LogP contribution in [0.2, 0.25) is 0 Å². The second kappa shape index (κ2) is 9.22. The van der Waals surface area contributed by atoms with Gasteiger partial charge in [-0.1, -0.05) is 61.8 Å². The molecule has 0 fully saturated rings. The zero-order chi connectivity index (χ0) is 19.3. The minimum absolute atomic E-state index is 0.0429. The summed E-state index contributed by atoms with van der Waals surface area (Å²) in [4.78, 5) is 12.5. The lowest BCUT2D eigenvalue weighted by molar-refractivity contribution is -0.115. The number of hydrogen-bond acceptors (Lipinski definition) is 2. The Kier molecular flexibility index (Phi) is 7.27. The van der Waals surface area contributed by atoms with Crippen LogP contribution < -0.4 is 10.6 Å². The van der Waals surface area contributed by atoms with Gasteiger partial charge in [0.05, 0.1) is 0 Å². The Morgan fingerprint density at radius 2 is 1.65 bits per heavy atom. The fourth-order valence-electron chi connectivity index (χ4n) is 2.97. The molecule has 0 aliphatic heterocycles. The second-order valence-corrected chi connectivity index (χ2v) is 8.16. The van der Waals surface area contributed by atoms with Crippen molar-refractivity contribution in [1.82, 2.24) is 0 Å². The molecule has 2 aromatic carbocycles. The van der Waals surface area contributed by atoms with Crippen molar-refractivity contribution in [2.75, 3.05) is 17.2 Å². The lowest BCUT2D eigenvalue weighted by Crippen LogP contribution is -2.18. The van der Waals surface area contributed by atoms with Crippen molar-refractivity contribution in [2.45, 2.75) is 52.9 Å². The molecule has 0 saturated heterocycles. The summed E-state index contributed by atoms with van der Waals surface area (Å²) in [7, 11) is 0. The molecule has 0 saturated carbocycles. The van der Waals surface area contributed by atoms with Gasteiger partial charge in [-0.05, 0) is 53.6 Å². The summed E-state index contributed by atoms with van der Waals surface area (Å²) >= 11 is 3.50. The highest BCUT2D eigenvalue weighted by molar-refractivity contribution is 9.10. The van der Waals surface area contributed by atoms with Gasteiger partial charge >= 0.3 is 0 Å². The molecule has 4 heteroatoms. The minimum Gasteiger partial charge on any atom is -0.385 e. The van der Waals surface area contributed by atoms with Gasteiger partial charge in [0.25, 0.3) is 0 Å². The normalized spacial score (nSPS) is 11.1. The molecule has 2 N–H and O–H groups in total. The van der Waals surface area contributed by atoms with Crippen molar-refractivity contribution < 1.29 is 4.79 Å². The summed E-state index contributed by atoms with van der Waals surface area (Å²) in [5, 5.41) is 6.48. The summed E-state index contributed by atoms with van der Waals surface area (Å²) in [5.74, 6) is 0.780.